The van der Waals surface area contributed by atoms with E-state index in [1.54, 1.807) is 14.0 Å². The summed E-state index contributed by atoms with van der Waals surface area (Å²) in [6, 6.07) is 3.86. The van der Waals surface area contributed by atoms with E-state index in [0.29, 0.717) is 37.8 Å². The summed E-state index contributed by atoms with van der Waals surface area (Å²) in [5, 5.41) is 6.86. The highest BCUT2D eigenvalue weighted by Crippen LogP contribution is 2.32. The molecule has 1 saturated heterocycles. The van der Waals surface area contributed by atoms with E-state index in [9.17, 15) is 4.79 Å². The van der Waals surface area contributed by atoms with E-state index in [1.165, 1.54) is 6.92 Å². The lowest BCUT2D eigenvalue weighted by atomic mass is 9.98. The molecule has 1 atom stereocenters. The summed E-state index contributed by atoms with van der Waals surface area (Å²) in [5.41, 5.74) is -0.644. The average Bonchev–Trinajstić information content (AvgIpc) is 3.21. The molecule has 24 heavy (non-hydrogen) atoms. The Morgan fingerprint density at radius 1 is 1.46 bits per heavy atom. The second-order valence-electron chi connectivity index (χ2n) is 6.17. The number of ether oxygens (including phenoxy) is 1. The fourth-order valence-corrected chi connectivity index (χ4v) is 3.13. The molecular formula is C16H22N4O4. The van der Waals surface area contributed by atoms with Crippen LogP contribution in [0.3, 0.4) is 0 Å². The van der Waals surface area contributed by atoms with Crippen LogP contribution in [0.2, 0.25) is 0 Å². The van der Waals surface area contributed by atoms with Gasteiger partial charge in [0, 0.05) is 27.1 Å². The van der Waals surface area contributed by atoms with Gasteiger partial charge < -0.3 is 19.0 Å². The molecule has 2 aromatic heterocycles. The zero-order valence-corrected chi connectivity index (χ0v) is 14.2. The largest absolute Gasteiger partial charge is 0.462 e. The van der Waals surface area contributed by atoms with E-state index in [0.717, 1.165) is 18.1 Å². The minimum absolute atomic E-state index is 0.118. The van der Waals surface area contributed by atoms with Gasteiger partial charge >= 0.3 is 0 Å². The molecular weight excluding hydrogens is 312 g/mol. The number of rotatable bonds is 6. The number of carbonyl (C=O) groups is 1. The number of nitrogens with one attached hydrogen (secondary N) is 1. The molecule has 1 amide bonds. The van der Waals surface area contributed by atoms with Crippen molar-refractivity contribution < 1.29 is 18.5 Å². The highest BCUT2D eigenvalue weighted by molar-refractivity contribution is 5.74. The lowest BCUT2D eigenvalue weighted by Gasteiger charge is -2.26. The van der Waals surface area contributed by atoms with Crippen molar-refractivity contribution in [3.05, 3.63) is 35.4 Å². The first-order valence-electron chi connectivity index (χ1n) is 7.89. The zero-order chi connectivity index (χ0) is 17.2. The molecule has 8 heteroatoms. The first-order valence-corrected chi connectivity index (χ1v) is 7.89. The maximum Gasteiger partial charge on any atom is 0.253 e. The molecule has 0 radical (unpaired) electrons. The average molecular weight is 334 g/mol. The Morgan fingerprint density at radius 2 is 2.25 bits per heavy atom. The van der Waals surface area contributed by atoms with Crippen LogP contribution in [0, 0.1) is 6.92 Å². The summed E-state index contributed by atoms with van der Waals surface area (Å²) in [6.45, 7) is 5.75. The molecule has 1 N–H and O–H groups in total. The number of furan rings is 1. The fraction of sp³-hybridized carbons (Fsp3) is 0.562. The van der Waals surface area contributed by atoms with Crippen molar-refractivity contribution in [1.82, 2.24) is 20.4 Å². The number of methoxy groups -OCH3 is 1. The van der Waals surface area contributed by atoms with Crippen molar-refractivity contribution in [3.63, 3.8) is 0 Å². The summed E-state index contributed by atoms with van der Waals surface area (Å²) in [7, 11) is 1.64. The van der Waals surface area contributed by atoms with Gasteiger partial charge in [0.05, 0.1) is 6.54 Å². The Labute approximate surface area is 140 Å². The van der Waals surface area contributed by atoms with Gasteiger partial charge in [0.15, 0.2) is 5.82 Å². The molecule has 1 fully saturated rings. The van der Waals surface area contributed by atoms with Crippen LogP contribution in [0.5, 0.6) is 0 Å². The molecule has 3 rings (SSSR count). The van der Waals surface area contributed by atoms with Gasteiger partial charge in [-0.05, 0) is 25.5 Å². The summed E-state index contributed by atoms with van der Waals surface area (Å²) >= 11 is 0. The van der Waals surface area contributed by atoms with Crippen LogP contribution in [0.15, 0.2) is 21.1 Å². The highest BCUT2D eigenvalue weighted by atomic mass is 16.5. The molecule has 0 aromatic carbocycles. The number of hydrogen-bond acceptors (Lipinski definition) is 7. The van der Waals surface area contributed by atoms with E-state index in [1.807, 2.05) is 12.1 Å². The Morgan fingerprint density at radius 3 is 2.92 bits per heavy atom. The number of amides is 1. The van der Waals surface area contributed by atoms with E-state index in [-0.39, 0.29) is 5.91 Å². The fourth-order valence-electron chi connectivity index (χ4n) is 3.13. The highest BCUT2D eigenvalue weighted by Gasteiger charge is 2.45. The lowest BCUT2D eigenvalue weighted by Crippen LogP contribution is -2.47. The topological polar surface area (TPSA) is 93.6 Å². The molecule has 0 bridgehead atoms. The third kappa shape index (κ3) is 3.49. The van der Waals surface area contributed by atoms with Gasteiger partial charge in [-0.2, -0.15) is 4.98 Å². The molecule has 2 aromatic rings. The number of nitrogens with zero attached hydrogens (tertiary/aromatic N) is 3. The number of carbonyl (C=O) groups excluding carboxylic acids is 1. The second-order valence-corrected chi connectivity index (χ2v) is 6.17. The molecule has 1 aliphatic rings. The summed E-state index contributed by atoms with van der Waals surface area (Å²) in [4.78, 5) is 18.2. The number of hydrogen-bond donors (Lipinski definition) is 1. The van der Waals surface area contributed by atoms with Gasteiger partial charge in [0.2, 0.25) is 5.91 Å². The Bertz CT molecular complexity index is 711. The maximum absolute atomic E-state index is 11.7. The van der Waals surface area contributed by atoms with Crippen molar-refractivity contribution in [2.75, 3.05) is 20.2 Å². The Kier molecular flexibility index (Phi) is 4.68. The van der Waals surface area contributed by atoms with Crippen LogP contribution in [-0.2, 0) is 28.2 Å². The first-order chi connectivity index (χ1) is 11.5. The van der Waals surface area contributed by atoms with Crippen LogP contribution < -0.4 is 5.32 Å². The minimum Gasteiger partial charge on any atom is -0.462 e. The number of aromatic nitrogens is 2. The summed E-state index contributed by atoms with van der Waals surface area (Å²) in [5.74, 6) is 2.56. The Hall–Kier alpha value is -2.19. The molecule has 0 aliphatic carbocycles. The van der Waals surface area contributed by atoms with Gasteiger partial charge in [-0.25, -0.2) is 0 Å². The predicted octanol–water partition coefficient (Wildman–Crippen LogP) is 1.35. The van der Waals surface area contributed by atoms with Gasteiger partial charge in [-0.3, -0.25) is 9.69 Å². The molecule has 3 heterocycles. The van der Waals surface area contributed by atoms with Crippen LogP contribution >= 0.6 is 0 Å². The quantitative estimate of drug-likeness (QED) is 0.852. The molecule has 130 valence electrons. The van der Waals surface area contributed by atoms with E-state index in [4.69, 9.17) is 13.7 Å². The first kappa shape index (κ1) is 16.7. The molecule has 1 aliphatic heterocycles. The lowest BCUT2D eigenvalue weighted by molar-refractivity contribution is -0.121. The normalized spacial score (nSPS) is 21.3. The van der Waals surface area contributed by atoms with Crippen molar-refractivity contribution in [1.29, 1.82) is 0 Å². The van der Waals surface area contributed by atoms with E-state index >= 15 is 0 Å². The van der Waals surface area contributed by atoms with Crippen molar-refractivity contribution in [2.45, 2.75) is 39.0 Å². The summed E-state index contributed by atoms with van der Waals surface area (Å²) < 4.78 is 16.1. The van der Waals surface area contributed by atoms with Crippen molar-refractivity contribution >= 4 is 5.91 Å². The third-order valence-corrected chi connectivity index (χ3v) is 4.08. The molecule has 1 unspecified atom stereocenters. The van der Waals surface area contributed by atoms with Gasteiger partial charge in [-0.1, -0.05) is 5.16 Å². The second kappa shape index (κ2) is 6.74. The van der Waals surface area contributed by atoms with Crippen molar-refractivity contribution in [3.8, 4) is 0 Å². The monoisotopic (exact) mass is 334 g/mol. The van der Waals surface area contributed by atoms with E-state index < -0.39 is 5.54 Å². The maximum atomic E-state index is 11.7. The van der Waals surface area contributed by atoms with Crippen LogP contribution in [-0.4, -0.2) is 41.1 Å². The van der Waals surface area contributed by atoms with Crippen LogP contribution in [0.1, 0.15) is 36.6 Å². The zero-order valence-electron chi connectivity index (χ0n) is 14.2. The Balaban J connectivity index is 1.73. The van der Waals surface area contributed by atoms with Gasteiger partial charge in [0.25, 0.3) is 5.89 Å². The van der Waals surface area contributed by atoms with E-state index in [2.05, 4.69) is 20.4 Å². The predicted molar refractivity (Wildman–Crippen MR) is 83.8 cm³/mol. The minimum atomic E-state index is -0.644. The third-order valence-electron chi connectivity index (χ3n) is 4.08. The molecule has 8 nitrogen and oxygen atoms in total. The number of likely N-dealkylation sites (tertiary alicyclic amines) is 1. The molecule has 0 saturated carbocycles. The van der Waals surface area contributed by atoms with Crippen molar-refractivity contribution in [2.24, 2.45) is 0 Å². The molecule has 0 spiro atoms. The smallest absolute Gasteiger partial charge is 0.253 e. The SMILES string of the molecule is COCc1ccc(CN2CCC(NC(C)=O)(c3nc(C)no3)C2)o1. The van der Waals surface area contributed by atoms with Gasteiger partial charge in [-0.15, -0.1) is 0 Å². The van der Waals surface area contributed by atoms with Gasteiger partial charge in [0.1, 0.15) is 23.7 Å². The standard InChI is InChI=1S/C16H22N4O4/c1-11-17-15(24-19-11)16(18-12(2)21)6-7-20(10-16)8-13-4-5-14(23-13)9-22-3/h4-5H,6-10H2,1-3H3,(H,18,21). The van der Waals surface area contributed by atoms with Crippen LogP contribution in [0.25, 0.3) is 0 Å². The summed E-state index contributed by atoms with van der Waals surface area (Å²) in [6.07, 6.45) is 0.708. The van der Waals surface area contributed by atoms with Crippen LogP contribution in [0.4, 0.5) is 0 Å². The number of aryl methyl sites for hydroxylation is 1.